The van der Waals surface area contributed by atoms with Crippen molar-refractivity contribution in [3.05, 3.63) is 51.3 Å². The third kappa shape index (κ3) is 2.96. The lowest BCUT2D eigenvalue weighted by Crippen LogP contribution is -2.58. The number of fused-ring (bicyclic) bond motifs is 4. The molecule has 4 aliphatic carbocycles. The normalized spacial score (nSPS) is 30.0. The number of amides is 1. The van der Waals surface area contributed by atoms with Crippen molar-refractivity contribution in [3.63, 3.8) is 0 Å². The third-order valence-electron chi connectivity index (χ3n) is 10.3. The second-order valence-corrected chi connectivity index (χ2v) is 12.3. The van der Waals surface area contributed by atoms with Crippen LogP contribution in [0.15, 0.2) is 29.0 Å². The molecule has 2 aromatic rings. The number of hydrogen-bond acceptors (Lipinski definition) is 9. The van der Waals surface area contributed by atoms with E-state index in [0.29, 0.717) is 23.1 Å². The second-order valence-electron chi connectivity index (χ2n) is 12.3. The van der Waals surface area contributed by atoms with Gasteiger partial charge in [0, 0.05) is 41.9 Å². The molecular formula is C31H33NO9. The maximum absolute atomic E-state index is 14.2. The van der Waals surface area contributed by atoms with Crippen molar-refractivity contribution in [2.75, 3.05) is 14.2 Å². The maximum atomic E-state index is 14.2. The van der Waals surface area contributed by atoms with Crippen molar-refractivity contribution < 1.29 is 44.3 Å². The average molecular weight is 564 g/mol. The molecule has 10 nitrogen and oxygen atoms in total. The summed E-state index contributed by atoms with van der Waals surface area (Å²) in [5.74, 6) is -6.20. The zero-order valence-corrected chi connectivity index (χ0v) is 23.5. The van der Waals surface area contributed by atoms with Gasteiger partial charge in [-0.15, -0.1) is 0 Å². The number of hydrogen-bond donors (Lipinski definition) is 5. The van der Waals surface area contributed by atoms with Crippen molar-refractivity contribution in [1.82, 2.24) is 0 Å². The van der Waals surface area contributed by atoms with Gasteiger partial charge >= 0.3 is 0 Å². The van der Waals surface area contributed by atoms with E-state index in [0.717, 1.165) is 24.0 Å². The molecule has 0 heterocycles. The smallest absolute Gasteiger partial charge is 0.255 e. The highest BCUT2D eigenvalue weighted by molar-refractivity contribution is 6.23. The minimum atomic E-state index is -2.77. The number of aliphatic hydroxyl groups is 2. The summed E-state index contributed by atoms with van der Waals surface area (Å²) >= 11 is 0. The molecule has 1 amide bonds. The summed E-state index contributed by atoms with van der Waals surface area (Å²) in [5.41, 5.74) is 3.16. The van der Waals surface area contributed by atoms with Gasteiger partial charge in [-0.05, 0) is 42.7 Å². The van der Waals surface area contributed by atoms with Crippen molar-refractivity contribution >= 4 is 28.2 Å². The van der Waals surface area contributed by atoms with Crippen LogP contribution in [0.3, 0.4) is 0 Å². The summed E-state index contributed by atoms with van der Waals surface area (Å²) in [6.07, 6.45) is 2.60. The minimum absolute atomic E-state index is 0.0105. The quantitative estimate of drug-likeness (QED) is 0.277. The van der Waals surface area contributed by atoms with E-state index in [-0.39, 0.29) is 27.7 Å². The highest BCUT2D eigenvalue weighted by Crippen LogP contribution is 2.66. The Morgan fingerprint density at radius 2 is 1.80 bits per heavy atom. The lowest BCUT2D eigenvalue weighted by Gasteiger charge is -2.49. The molecular weight excluding hydrogens is 530 g/mol. The third-order valence-corrected chi connectivity index (χ3v) is 10.3. The van der Waals surface area contributed by atoms with Crippen molar-refractivity contribution in [1.29, 1.82) is 0 Å². The molecule has 0 radical (unpaired) electrons. The van der Waals surface area contributed by atoms with Crippen LogP contribution in [0.4, 0.5) is 0 Å². The van der Waals surface area contributed by atoms with Gasteiger partial charge in [0.05, 0.1) is 24.2 Å². The molecule has 6 rings (SSSR count). The van der Waals surface area contributed by atoms with Gasteiger partial charge in [0.2, 0.25) is 5.78 Å². The summed E-state index contributed by atoms with van der Waals surface area (Å²) in [5, 5.41) is 46.3. The molecule has 0 fully saturated rings. The number of phenols is 2. The van der Waals surface area contributed by atoms with Gasteiger partial charge in [0.15, 0.2) is 11.4 Å². The Balaban J connectivity index is 1.78. The van der Waals surface area contributed by atoms with Crippen LogP contribution in [0.1, 0.15) is 73.2 Å². The molecule has 4 atom stereocenters. The van der Waals surface area contributed by atoms with Crippen LogP contribution in [0.5, 0.6) is 17.2 Å². The standard InChI is InChI=1S/C31H33NO9/c1-12-7-6-8-29(2,3)30(12)11-13-18-20(16(34)10-17(40-4)23(18)30)24(35)22-19(13)25(41-5)14-9-15(33)21(28(32)38)26(36)31(14,39)27(22)37/h7,10,14,25,34-36,39H,6,8-9,11H2,1-5H3,(H2,32,38)/t14-,25-,30-,31-/m1/s1. The molecule has 41 heavy (non-hydrogen) atoms. The first-order valence-corrected chi connectivity index (χ1v) is 13.6. The van der Waals surface area contributed by atoms with E-state index in [1.165, 1.54) is 20.3 Å². The SMILES string of the molecule is COc1cc(O)c2c(O)c3c(c4c2c1[C@@]1(C4)C(C)=CCCC1(C)C)[C@H](OC)[C@H]1CC(=O)C(C(N)=O)=C(O)[C@@]1(O)C3=O. The average Bonchev–Trinajstić information content (AvgIpc) is 3.26. The highest BCUT2D eigenvalue weighted by atomic mass is 16.5. The fourth-order valence-corrected chi connectivity index (χ4v) is 8.35. The van der Waals surface area contributed by atoms with Crippen LogP contribution in [-0.2, 0) is 26.2 Å². The number of primary amides is 1. The van der Waals surface area contributed by atoms with Crippen LogP contribution >= 0.6 is 0 Å². The molecule has 0 aromatic heterocycles. The summed E-state index contributed by atoms with van der Waals surface area (Å²) in [6, 6.07) is 1.42. The number of ether oxygens (including phenoxy) is 2. The van der Waals surface area contributed by atoms with E-state index in [9.17, 15) is 34.8 Å². The van der Waals surface area contributed by atoms with Crippen LogP contribution in [0, 0.1) is 11.3 Å². The van der Waals surface area contributed by atoms with Crippen molar-refractivity contribution in [2.24, 2.45) is 17.1 Å². The molecule has 0 saturated carbocycles. The molecule has 4 aliphatic rings. The minimum Gasteiger partial charge on any atom is -0.508 e. The van der Waals surface area contributed by atoms with Gasteiger partial charge in [-0.3, -0.25) is 14.4 Å². The van der Waals surface area contributed by atoms with E-state index in [4.69, 9.17) is 15.2 Å². The number of nitrogens with two attached hydrogens (primary N) is 1. The zero-order chi connectivity index (χ0) is 30.0. The second kappa shape index (κ2) is 8.33. The van der Waals surface area contributed by atoms with Crippen LogP contribution < -0.4 is 10.5 Å². The summed E-state index contributed by atoms with van der Waals surface area (Å²) in [6.45, 7) is 6.36. The predicted octanol–water partition coefficient (Wildman–Crippen LogP) is 3.32. The number of carbonyl (C=O) groups excluding carboxylic acids is 3. The van der Waals surface area contributed by atoms with Gasteiger partial charge in [-0.2, -0.15) is 0 Å². The Kier molecular flexibility index (Phi) is 5.54. The Hall–Kier alpha value is -3.89. The van der Waals surface area contributed by atoms with Gasteiger partial charge < -0.3 is 35.6 Å². The summed E-state index contributed by atoms with van der Waals surface area (Å²) < 4.78 is 11.7. The number of benzene rings is 2. The van der Waals surface area contributed by atoms with Gasteiger partial charge in [0.25, 0.3) is 5.91 Å². The Morgan fingerprint density at radius 1 is 1.12 bits per heavy atom. The van der Waals surface area contributed by atoms with Gasteiger partial charge in [-0.25, -0.2) is 0 Å². The Bertz CT molecular complexity index is 1680. The fraction of sp³-hybridized carbons (Fsp3) is 0.452. The molecule has 216 valence electrons. The number of Topliss-reactive ketones (excluding diaryl/α,β-unsaturated/α-hetero) is 2. The fourth-order valence-electron chi connectivity index (χ4n) is 8.35. The molecule has 1 spiro atoms. The first-order chi connectivity index (χ1) is 19.2. The number of aliphatic hydroxyl groups excluding tert-OH is 1. The number of methoxy groups -OCH3 is 2. The maximum Gasteiger partial charge on any atom is 0.255 e. The monoisotopic (exact) mass is 563 g/mol. The lowest BCUT2D eigenvalue weighted by molar-refractivity contribution is -0.131. The van der Waals surface area contributed by atoms with Crippen LogP contribution in [-0.4, -0.2) is 57.7 Å². The van der Waals surface area contributed by atoms with E-state index in [1.54, 1.807) is 0 Å². The number of phenolic OH excluding ortho intramolecular Hbond substituents is 2. The largest absolute Gasteiger partial charge is 0.508 e. The van der Waals surface area contributed by atoms with Crippen molar-refractivity contribution in [3.8, 4) is 17.2 Å². The number of carbonyl (C=O) groups is 3. The van der Waals surface area contributed by atoms with E-state index < -0.39 is 64.0 Å². The molecule has 0 unspecified atom stereocenters. The van der Waals surface area contributed by atoms with E-state index >= 15 is 0 Å². The Morgan fingerprint density at radius 3 is 2.39 bits per heavy atom. The number of rotatable bonds is 3. The van der Waals surface area contributed by atoms with Crippen molar-refractivity contribution in [2.45, 2.75) is 63.6 Å². The Labute approximate surface area is 236 Å². The van der Waals surface area contributed by atoms with Gasteiger partial charge in [0.1, 0.15) is 28.6 Å². The predicted molar refractivity (Wildman–Crippen MR) is 147 cm³/mol. The molecule has 0 bridgehead atoms. The zero-order valence-electron chi connectivity index (χ0n) is 23.5. The molecule has 0 saturated heterocycles. The molecule has 0 aliphatic heterocycles. The van der Waals surface area contributed by atoms with E-state index in [2.05, 4.69) is 19.9 Å². The molecule has 6 N–H and O–H groups in total. The van der Waals surface area contributed by atoms with Gasteiger partial charge in [-0.1, -0.05) is 25.5 Å². The first-order valence-electron chi connectivity index (χ1n) is 13.6. The topological polar surface area (TPSA) is 177 Å². The number of aromatic hydroxyl groups is 2. The van der Waals surface area contributed by atoms with Crippen LogP contribution in [0.25, 0.3) is 10.8 Å². The number of ketones is 2. The van der Waals surface area contributed by atoms with Crippen LogP contribution in [0.2, 0.25) is 0 Å². The highest BCUT2D eigenvalue weighted by Gasteiger charge is 2.64. The summed E-state index contributed by atoms with van der Waals surface area (Å²) in [4.78, 5) is 39.2. The number of allylic oxidation sites excluding steroid dienone is 2. The molecule has 2 aromatic carbocycles. The lowest BCUT2D eigenvalue weighted by atomic mass is 9.54. The molecule has 10 heteroatoms. The van der Waals surface area contributed by atoms with E-state index in [1.807, 2.05) is 6.92 Å². The first kappa shape index (κ1) is 27.3. The summed E-state index contributed by atoms with van der Waals surface area (Å²) in [7, 11) is 2.86.